The van der Waals surface area contributed by atoms with Crippen molar-refractivity contribution >= 4 is 0 Å². The molecule has 61 heavy (non-hydrogen) atoms. The van der Waals surface area contributed by atoms with Crippen LogP contribution in [0.4, 0.5) is 0 Å². The standard InChI is InChI=1S/C45H70O16/c1-18-10-13-45(54-17-18)19(2)30-28(61-45)16-27-25-9-8-23-14-24(58-40-37(52)34(49)31(46)20(3)55-40)15-29(44(23,7)26(25)11-12-43(27,30)6)59-42-39(36(51)33(48)22(5)57-42)60-41-38(53)35(50)32(47)21(4)56-41/h8,19-22,24-42,46-53H,1,9-17H2,2-7H3/t19-,20-,21-,22+,24+,25+,26+,27+,28-,29+,30-,31-,32-,33-,34+,35+,36-,37+,38+,39+,40-,41-,42-,43-,44-,45+/m0/s1. The lowest BCUT2D eigenvalue weighted by Crippen LogP contribution is -2.65. The number of hydrogen-bond donors (Lipinski definition) is 8. The molecule has 0 unspecified atom stereocenters. The van der Waals surface area contributed by atoms with Gasteiger partial charge in [0.05, 0.1) is 43.2 Å². The van der Waals surface area contributed by atoms with Crippen LogP contribution in [0.2, 0.25) is 0 Å². The first kappa shape index (κ1) is 45.0. The van der Waals surface area contributed by atoms with Crippen LogP contribution >= 0.6 is 0 Å². The van der Waals surface area contributed by atoms with Crippen molar-refractivity contribution in [3.05, 3.63) is 23.8 Å². The van der Waals surface area contributed by atoms with Crippen LogP contribution < -0.4 is 0 Å². The molecule has 5 heterocycles. The van der Waals surface area contributed by atoms with Crippen LogP contribution in [0.3, 0.4) is 0 Å². The van der Waals surface area contributed by atoms with Crippen LogP contribution in [0, 0.1) is 40.4 Å². The van der Waals surface area contributed by atoms with Gasteiger partial charge >= 0.3 is 0 Å². The number of hydrogen-bond acceptors (Lipinski definition) is 16. The zero-order valence-corrected chi connectivity index (χ0v) is 36.3. The van der Waals surface area contributed by atoms with Crippen LogP contribution in [0.15, 0.2) is 23.8 Å². The van der Waals surface area contributed by atoms with Gasteiger partial charge in [0.1, 0.15) is 54.9 Å². The van der Waals surface area contributed by atoms with E-state index >= 15 is 0 Å². The smallest absolute Gasteiger partial charge is 0.187 e. The lowest BCUT2D eigenvalue weighted by molar-refractivity contribution is -0.373. The molecule has 346 valence electrons. The maximum absolute atomic E-state index is 11.6. The highest BCUT2D eigenvalue weighted by Gasteiger charge is 2.70. The Hall–Kier alpha value is -1.16. The summed E-state index contributed by atoms with van der Waals surface area (Å²) in [6, 6.07) is 0. The zero-order chi connectivity index (χ0) is 43.7. The molecule has 0 aromatic heterocycles. The van der Waals surface area contributed by atoms with E-state index in [1.165, 1.54) is 6.92 Å². The third kappa shape index (κ3) is 7.17. The number of ether oxygens (including phenoxy) is 8. The van der Waals surface area contributed by atoms with Gasteiger partial charge in [-0.2, -0.15) is 0 Å². The van der Waals surface area contributed by atoms with Crippen molar-refractivity contribution in [1.29, 1.82) is 0 Å². The molecule has 0 aromatic carbocycles. The predicted molar refractivity (Wildman–Crippen MR) is 213 cm³/mol. The van der Waals surface area contributed by atoms with E-state index < -0.39 is 116 Å². The summed E-state index contributed by atoms with van der Waals surface area (Å²) in [6.45, 7) is 16.5. The van der Waals surface area contributed by atoms with Gasteiger partial charge < -0.3 is 78.7 Å². The second-order valence-corrected chi connectivity index (χ2v) is 20.7. The summed E-state index contributed by atoms with van der Waals surface area (Å²) < 4.78 is 51.2. The highest BCUT2D eigenvalue weighted by molar-refractivity contribution is 5.29. The first-order valence-corrected chi connectivity index (χ1v) is 22.8. The van der Waals surface area contributed by atoms with Gasteiger partial charge in [-0.05, 0) is 88.4 Å². The minimum atomic E-state index is -1.68. The molecule has 3 saturated carbocycles. The highest BCUT2D eigenvalue weighted by Crippen LogP contribution is 2.71. The molecule has 4 aliphatic carbocycles. The normalized spacial score (nSPS) is 58.4. The Morgan fingerprint density at radius 1 is 0.689 bits per heavy atom. The minimum Gasteiger partial charge on any atom is -0.388 e. The number of aliphatic hydroxyl groups excluding tert-OH is 8. The molecule has 9 rings (SSSR count). The molecule has 5 aliphatic heterocycles. The summed E-state index contributed by atoms with van der Waals surface area (Å²) in [5, 5.41) is 86.5. The Labute approximate surface area is 358 Å². The molecular weight excluding hydrogens is 796 g/mol. The van der Waals surface area contributed by atoms with E-state index in [1.54, 1.807) is 13.8 Å². The van der Waals surface area contributed by atoms with Crippen molar-refractivity contribution in [2.24, 2.45) is 40.4 Å². The fraction of sp³-hybridized carbons (Fsp3) is 0.911. The molecule has 0 amide bonds. The van der Waals surface area contributed by atoms with Crippen LogP contribution in [-0.4, -0.2) is 164 Å². The largest absolute Gasteiger partial charge is 0.388 e. The van der Waals surface area contributed by atoms with Crippen LogP contribution in [-0.2, 0) is 37.9 Å². The van der Waals surface area contributed by atoms with Gasteiger partial charge in [0.15, 0.2) is 24.7 Å². The second-order valence-electron chi connectivity index (χ2n) is 20.7. The van der Waals surface area contributed by atoms with E-state index in [9.17, 15) is 40.9 Å². The monoisotopic (exact) mass is 866 g/mol. The third-order valence-corrected chi connectivity index (χ3v) is 17.5. The quantitative estimate of drug-likeness (QED) is 0.175. The molecule has 16 heteroatoms. The molecule has 9 aliphatic rings. The Kier molecular flexibility index (Phi) is 12.0. The fourth-order valence-corrected chi connectivity index (χ4v) is 13.8. The first-order valence-electron chi connectivity index (χ1n) is 22.8. The lowest BCUT2D eigenvalue weighted by atomic mass is 9.46. The zero-order valence-electron chi connectivity index (χ0n) is 36.3. The van der Waals surface area contributed by atoms with Crippen LogP contribution in [0.25, 0.3) is 0 Å². The molecule has 26 atom stereocenters. The van der Waals surface area contributed by atoms with E-state index in [0.29, 0.717) is 37.2 Å². The number of rotatable bonds is 6. The van der Waals surface area contributed by atoms with Gasteiger partial charge in [0, 0.05) is 24.2 Å². The van der Waals surface area contributed by atoms with Crippen molar-refractivity contribution in [3.63, 3.8) is 0 Å². The lowest BCUT2D eigenvalue weighted by Gasteiger charge is -2.61. The fourth-order valence-electron chi connectivity index (χ4n) is 13.8. The Morgan fingerprint density at radius 3 is 1.92 bits per heavy atom. The first-order chi connectivity index (χ1) is 28.8. The van der Waals surface area contributed by atoms with Gasteiger partial charge in [-0.15, -0.1) is 0 Å². The molecule has 8 N–H and O–H groups in total. The van der Waals surface area contributed by atoms with E-state index in [2.05, 4.69) is 33.4 Å². The summed E-state index contributed by atoms with van der Waals surface area (Å²) in [4.78, 5) is 0. The molecule has 8 fully saturated rings. The van der Waals surface area contributed by atoms with Crippen molar-refractivity contribution in [2.45, 2.75) is 209 Å². The summed E-state index contributed by atoms with van der Waals surface area (Å²) >= 11 is 0. The molecule has 5 saturated heterocycles. The molecule has 1 spiro atoms. The molecule has 0 aromatic rings. The van der Waals surface area contributed by atoms with E-state index in [-0.39, 0.29) is 23.4 Å². The maximum Gasteiger partial charge on any atom is 0.187 e. The highest BCUT2D eigenvalue weighted by atomic mass is 16.8. The van der Waals surface area contributed by atoms with E-state index in [1.807, 2.05) is 0 Å². The summed E-state index contributed by atoms with van der Waals surface area (Å²) in [7, 11) is 0. The Morgan fingerprint density at radius 2 is 1.30 bits per heavy atom. The maximum atomic E-state index is 11.6. The average Bonchev–Trinajstić information content (AvgIpc) is 3.67. The molecular formula is C45H70O16. The summed E-state index contributed by atoms with van der Waals surface area (Å²) in [5.41, 5.74) is 1.68. The van der Waals surface area contributed by atoms with Crippen molar-refractivity contribution in [2.75, 3.05) is 6.61 Å². The van der Waals surface area contributed by atoms with Gasteiger partial charge in [-0.25, -0.2) is 0 Å². The van der Waals surface area contributed by atoms with Crippen molar-refractivity contribution in [1.82, 2.24) is 0 Å². The van der Waals surface area contributed by atoms with Gasteiger partial charge in [-0.1, -0.05) is 44.6 Å². The van der Waals surface area contributed by atoms with Gasteiger partial charge in [-0.3, -0.25) is 0 Å². The van der Waals surface area contributed by atoms with Crippen molar-refractivity contribution in [3.8, 4) is 0 Å². The summed E-state index contributed by atoms with van der Waals surface area (Å²) in [6.07, 6.45) is -12.4. The van der Waals surface area contributed by atoms with Gasteiger partial charge in [0.25, 0.3) is 0 Å². The molecule has 16 nitrogen and oxygen atoms in total. The molecule has 0 radical (unpaired) electrons. The minimum absolute atomic E-state index is 0.0265. The Balaban J connectivity index is 1.02. The Bertz CT molecular complexity index is 1650. The number of allylic oxidation sites excluding steroid dienone is 1. The number of fused-ring (bicyclic) bond motifs is 7. The van der Waals surface area contributed by atoms with Crippen LogP contribution in [0.1, 0.15) is 92.9 Å². The average molecular weight is 867 g/mol. The van der Waals surface area contributed by atoms with Crippen LogP contribution in [0.5, 0.6) is 0 Å². The van der Waals surface area contributed by atoms with E-state index in [4.69, 9.17) is 37.9 Å². The molecule has 0 bridgehead atoms. The van der Waals surface area contributed by atoms with Gasteiger partial charge in [0.2, 0.25) is 0 Å². The third-order valence-electron chi connectivity index (χ3n) is 17.5. The topological polar surface area (TPSA) is 236 Å². The SMILES string of the molecule is C=C1CC[C@@]2(OC1)O[C@H]1C[C@@H]3[C@@H]4CC=C5C[C@@H](O[C@@H]6O[C@@H](C)[C@H](O)[C@@H](O)[C@H]6O)C[C@@H](O[C@@H]6O[C@H](C)[C@H](O)[C@H](O)[C@H]6O[C@@H]6O[C@@H](C)[C@H](O)[C@@H](O)[C@H]6O)[C@]5(C)[C@@H]4CC[C@]3(C)[C@H]1[C@@H]2C. The second kappa shape index (κ2) is 16.3. The summed E-state index contributed by atoms with van der Waals surface area (Å²) in [5.74, 6) is 0.839. The van der Waals surface area contributed by atoms with Crippen molar-refractivity contribution < 1.29 is 78.7 Å². The predicted octanol–water partition coefficient (Wildman–Crippen LogP) is 1.16. The number of aliphatic hydroxyl groups is 8. The van der Waals surface area contributed by atoms with E-state index in [0.717, 1.165) is 49.7 Å².